The second kappa shape index (κ2) is 5.59. The minimum absolute atomic E-state index is 0.434. The Morgan fingerprint density at radius 1 is 1.43 bits per heavy atom. The number of hydrogen-bond donors (Lipinski definition) is 2. The summed E-state index contributed by atoms with van der Waals surface area (Å²) in [6, 6.07) is 0. The molecule has 0 rings (SSSR count). The number of methoxy groups -OCH3 is 1. The molecule has 0 fully saturated rings. The van der Waals surface area contributed by atoms with Crippen molar-refractivity contribution in [3.8, 4) is 0 Å². The molecule has 0 radical (unpaired) electrons. The van der Waals surface area contributed by atoms with Gasteiger partial charge in [0.05, 0.1) is 0 Å². The van der Waals surface area contributed by atoms with Crippen LogP contribution in [0.15, 0.2) is 0 Å². The van der Waals surface area contributed by atoms with E-state index >= 15 is 0 Å². The third kappa shape index (κ3) is 3.74. The highest BCUT2D eigenvalue weighted by molar-refractivity contribution is 6.00. The van der Waals surface area contributed by atoms with Crippen molar-refractivity contribution in [3.05, 3.63) is 0 Å². The number of carbonyl (C=O) groups is 2. The molecule has 5 heteroatoms. The maximum absolute atomic E-state index is 11.3. The summed E-state index contributed by atoms with van der Waals surface area (Å²) in [5.41, 5.74) is -1.37. The summed E-state index contributed by atoms with van der Waals surface area (Å²) < 4.78 is 4.79. The van der Waals surface area contributed by atoms with E-state index in [4.69, 9.17) is 9.84 Å². The number of aliphatic carboxylic acids is 1. The molecular weight excluding hydrogens is 186 g/mol. The smallest absolute Gasteiger partial charge is 0.318 e. The average Bonchev–Trinajstić information content (AvgIpc) is 2.11. The van der Waals surface area contributed by atoms with Crippen LogP contribution in [-0.4, -0.2) is 37.2 Å². The van der Waals surface area contributed by atoms with Crippen LogP contribution in [0.5, 0.6) is 0 Å². The highest BCUT2D eigenvalue weighted by atomic mass is 16.5. The first-order chi connectivity index (χ1) is 6.42. The summed E-state index contributed by atoms with van der Waals surface area (Å²) in [4.78, 5) is 22.0. The molecule has 5 nitrogen and oxygen atoms in total. The zero-order valence-electron chi connectivity index (χ0n) is 8.79. The highest BCUT2D eigenvalue weighted by Crippen LogP contribution is 2.14. The molecule has 2 N–H and O–H groups in total. The van der Waals surface area contributed by atoms with Gasteiger partial charge in [-0.3, -0.25) is 9.59 Å². The van der Waals surface area contributed by atoms with Crippen molar-refractivity contribution in [1.82, 2.24) is 5.32 Å². The number of amides is 1. The Hall–Kier alpha value is -1.10. The topological polar surface area (TPSA) is 75.6 Å². The molecule has 82 valence electrons. The molecule has 0 aliphatic rings. The quantitative estimate of drug-likeness (QED) is 0.479. The lowest BCUT2D eigenvalue weighted by Crippen LogP contribution is -2.42. The van der Waals surface area contributed by atoms with E-state index in [2.05, 4.69) is 5.32 Å². The van der Waals surface area contributed by atoms with Gasteiger partial charge in [-0.25, -0.2) is 0 Å². The molecule has 0 heterocycles. The fourth-order valence-electron chi connectivity index (χ4n) is 0.737. The van der Waals surface area contributed by atoms with Crippen LogP contribution in [0.1, 0.15) is 20.3 Å². The second-order valence-electron chi connectivity index (χ2n) is 3.53. The molecule has 0 aromatic carbocycles. The van der Waals surface area contributed by atoms with Crippen LogP contribution in [0.2, 0.25) is 0 Å². The molecule has 14 heavy (non-hydrogen) atoms. The Labute approximate surface area is 83.4 Å². The van der Waals surface area contributed by atoms with Gasteiger partial charge in [0.25, 0.3) is 0 Å². The normalized spacial score (nSPS) is 11.1. The van der Waals surface area contributed by atoms with Crippen LogP contribution in [0.25, 0.3) is 0 Å². The number of hydrogen-bond acceptors (Lipinski definition) is 3. The van der Waals surface area contributed by atoms with Gasteiger partial charge in [-0.2, -0.15) is 0 Å². The molecule has 1 amide bonds. The average molecular weight is 203 g/mol. The van der Waals surface area contributed by atoms with Crippen LogP contribution < -0.4 is 5.32 Å². The standard InChI is InChI=1S/C9H17NO4/c1-9(2,8(12)13)7(11)10-5-4-6-14-3/h4-6H2,1-3H3,(H,10,11)(H,12,13). The van der Waals surface area contributed by atoms with Crippen molar-refractivity contribution in [1.29, 1.82) is 0 Å². The summed E-state index contributed by atoms with van der Waals surface area (Å²) in [7, 11) is 1.57. The third-order valence-electron chi connectivity index (χ3n) is 1.91. The molecular formula is C9H17NO4. The van der Waals surface area contributed by atoms with Gasteiger partial charge in [-0.05, 0) is 20.3 Å². The van der Waals surface area contributed by atoms with E-state index in [-0.39, 0.29) is 0 Å². The van der Waals surface area contributed by atoms with E-state index in [1.807, 2.05) is 0 Å². The first kappa shape index (κ1) is 12.9. The number of carboxylic acids is 1. The van der Waals surface area contributed by atoms with E-state index in [1.54, 1.807) is 7.11 Å². The van der Waals surface area contributed by atoms with Gasteiger partial charge in [0.2, 0.25) is 5.91 Å². The Morgan fingerprint density at radius 2 is 2.00 bits per heavy atom. The molecule has 0 atom stereocenters. The number of rotatable bonds is 6. The van der Waals surface area contributed by atoms with Crippen molar-refractivity contribution >= 4 is 11.9 Å². The Morgan fingerprint density at radius 3 is 2.43 bits per heavy atom. The van der Waals surface area contributed by atoms with Gasteiger partial charge < -0.3 is 15.2 Å². The number of nitrogens with one attached hydrogen (secondary N) is 1. The summed E-state index contributed by atoms with van der Waals surface area (Å²) in [5, 5.41) is 11.3. The lowest BCUT2D eigenvalue weighted by atomic mass is 9.93. The zero-order chi connectivity index (χ0) is 11.2. The highest BCUT2D eigenvalue weighted by Gasteiger charge is 2.35. The molecule has 0 saturated heterocycles. The van der Waals surface area contributed by atoms with Crippen molar-refractivity contribution in [2.75, 3.05) is 20.3 Å². The number of ether oxygens (including phenoxy) is 1. The maximum atomic E-state index is 11.3. The monoisotopic (exact) mass is 203 g/mol. The predicted molar refractivity (Wildman–Crippen MR) is 50.9 cm³/mol. The molecule has 0 aliphatic heterocycles. The predicted octanol–water partition coefficient (Wildman–Crippen LogP) is 0.250. The molecule has 0 spiro atoms. The van der Waals surface area contributed by atoms with Gasteiger partial charge in [0.1, 0.15) is 5.41 Å². The van der Waals surface area contributed by atoms with Crippen LogP contribution >= 0.6 is 0 Å². The third-order valence-corrected chi connectivity index (χ3v) is 1.91. The Balaban J connectivity index is 3.90. The molecule has 0 bridgehead atoms. The summed E-state index contributed by atoms with van der Waals surface area (Å²) in [6.45, 7) is 3.74. The van der Waals surface area contributed by atoms with Crippen LogP contribution in [0.3, 0.4) is 0 Å². The fraction of sp³-hybridized carbons (Fsp3) is 0.778. The number of carbonyl (C=O) groups excluding carboxylic acids is 1. The molecule has 0 unspecified atom stereocenters. The van der Waals surface area contributed by atoms with Crippen molar-refractivity contribution in [3.63, 3.8) is 0 Å². The molecule has 0 aliphatic carbocycles. The lowest BCUT2D eigenvalue weighted by Gasteiger charge is -2.18. The molecule has 0 aromatic rings. The van der Waals surface area contributed by atoms with Crippen LogP contribution in [0, 0.1) is 5.41 Å². The van der Waals surface area contributed by atoms with E-state index in [9.17, 15) is 9.59 Å². The molecule has 0 saturated carbocycles. The Bertz CT molecular complexity index is 213. The van der Waals surface area contributed by atoms with E-state index in [0.29, 0.717) is 19.6 Å². The summed E-state index contributed by atoms with van der Waals surface area (Å²) in [6.07, 6.45) is 0.679. The van der Waals surface area contributed by atoms with Crippen LogP contribution in [0.4, 0.5) is 0 Å². The van der Waals surface area contributed by atoms with Gasteiger partial charge >= 0.3 is 5.97 Å². The largest absolute Gasteiger partial charge is 0.480 e. The first-order valence-corrected chi connectivity index (χ1v) is 4.43. The Kier molecular flexibility index (Phi) is 5.15. The van der Waals surface area contributed by atoms with Gasteiger partial charge in [0.15, 0.2) is 0 Å². The minimum atomic E-state index is -1.37. The summed E-state index contributed by atoms with van der Waals surface area (Å²) in [5.74, 6) is -1.59. The second-order valence-corrected chi connectivity index (χ2v) is 3.53. The van der Waals surface area contributed by atoms with Crippen molar-refractivity contribution in [2.45, 2.75) is 20.3 Å². The minimum Gasteiger partial charge on any atom is -0.480 e. The SMILES string of the molecule is COCCCNC(=O)C(C)(C)C(=O)O. The van der Waals surface area contributed by atoms with Crippen molar-refractivity contribution < 1.29 is 19.4 Å². The fourth-order valence-corrected chi connectivity index (χ4v) is 0.737. The molecule has 0 aromatic heterocycles. The maximum Gasteiger partial charge on any atom is 0.318 e. The zero-order valence-corrected chi connectivity index (χ0v) is 8.79. The lowest BCUT2D eigenvalue weighted by molar-refractivity contribution is -0.153. The van der Waals surface area contributed by atoms with E-state index in [0.717, 1.165) is 0 Å². The van der Waals surface area contributed by atoms with Gasteiger partial charge in [-0.15, -0.1) is 0 Å². The van der Waals surface area contributed by atoms with Crippen molar-refractivity contribution in [2.24, 2.45) is 5.41 Å². The van der Waals surface area contributed by atoms with Crippen LogP contribution in [-0.2, 0) is 14.3 Å². The number of carboxylic acid groups (broad SMARTS) is 1. The summed E-state index contributed by atoms with van der Waals surface area (Å²) >= 11 is 0. The van der Waals surface area contributed by atoms with E-state index < -0.39 is 17.3 Å². The van der Waals surface area contributed by atoms with E-state index in [1.165, 1.54) is 13.8 Å². The first-order valence-electron chi connectivity index (χ1n) is 4.43. The van der Waals surface area contributed by atoms with Gasteiger partial charge in [-0.1, -0.05) is 0 Å². The van der Waals surface area contributed by atoms with Gasteiger partial charge in [0, 0.05) is 20.3 Å².